The molecule has 4 aromatic carbocycles. The summed E-state index contributed by atoms with van der Waals surface area (Å²) in [5.74, 6) is 4.71. The van der Waals surface area contributed by atoms with Gasteiger partial charge in [0.1, 0.15) is 0 Å². The molecule has 3 N–H and O–H groups in total. The van der Waals surface area contributed by atoms with Gasteiger partial charge in [-0.05, 0) is 54.6 Å². The van der Waals surface area contributed by atoms with Crippen LogP contribution < -0.4 is 10.6 Å². The van der Waals surface area contributed by atoms with Crippen LogP contribution in [0.2, 0.25) is 0 Å². The largest absolute Gasteiger partial charge is 0.478 e. The maximum atomic E-state index is 13.1. The van der Waals surface area contributed by atoms with Crippen LogP contribution in [0.1, 0.15) is 31.8 Å². The lowest BCUT2D eigenvalue weighted by atomic mass is 10.1. The minimum absolute atomic E-state index is 0.0220. The highest BCUT2D eigenvalue weighted by Crippen LogP contribution is 2.24. The number of hydrogen-bond acceptors (Lipinski definition) is 3. The molecule has 0 spiro atoms. The smallest absolute Gasteiger partial charge is 0.337 e. The highest BCUT2D eigenvalue weighted by molar-refractivity contribution is 6.11. The fraction of sp³-hybridized carbons (Fsp3) is 0. The number of anilines is 3. The second kappa shape index (κ2) is 9.99. The molecule has 160 valence electrons. The van der Waals surface area contributed by atoms with E-state index in [4.69, 9.17) is 0 Å². The monoisotopic (exact) mass is 432 g/mol. The third-order valence-corrected chi connectivity index (χ3v) is 4.85. The molecule has 33 heavy (non-hydrogen) atoms. The van der Waals surface area contributed by atoms with Gasteiger partial charge >= 0.3 is 5.97 Å². The van der Waals surface area contributed by atoms with Crippen molar-refractivity contribution in [2.75, 3.05) is 10.6 Å². The van der Waals surface area contributed by atoms with Crippen LogP contribution >= 0.6 is 0 Å². The maximum Gasteiger partial charge on any atom is 0.337 e. The van der Waals surface area contributed by atoms with E-state index in [0.29, 0.717) is 11.3 Å². The van der Waals surface area contributed by atoms with Crippen molar-refractivity contribution in [3.63, 3.8) is 0 Å². The molecule has 0 bridgehead atoms. The van der Waals surface area contributed by atoms with Crippen LogP contribution in [0.4, 0.5) is 17.1 Å². The fourth-order valence-electron chi connectivity index (χ4n) is 3.23. The van der Waals surface area contributed by atoms with Crippen molar-refractivity contribution in [3.8, 4) is 11.8 Å². The van der Waals surface area contributed by atoms with Gasteiger partial charge in [-0.2, -0.15) is 0 Å². The van der Waals surface area contributed by atoms with Crippen molar-refractivity contribution in [1.29, 1.82) is 0 Å². The Balaban J connectivity index is 1.68. The van der Waals surface area contributed by atoms with E-state index in [1.165, 1.54) is 6.07 Å². The van der Waals surface area contributed by atoms with Crippen molar-refractivity contribution in [1.82, 2.24) is 0 Å². The zero-order chi connectivity index (χ0) is 23.0. The zero-order valence-electron chi connectivity index (χ0n) is 17.6. The Kier molecular flexibility index (Phi) is 6.48. The Hall–Kier alpha value is -4.82. The van der Waals surface area contributed by atoms with E-state index >= 15 is 0 Å². The van der Waals surface area contributed by atoms with Gasteiger partial charge in [0.05, 0.1) is 22.5 Å². The average Bonchev–Trinajstić information content (AvgIpc) is 2.84. The molecule has 0 atom stereocenters. The summed E-state index contributed by atoms with van der Waals surface area (Å²) in [4.78, 5) is 24.6. The van der Waals surface area contributed by atoms with Gasteiger partial charge in [0.15, 0.2) is 0 Å². The minimum atomic E-state index is -1.11. The molecule has 0 aromatic heterocycles. The number of carbonyl (C=O) groups is 2. The van der Waals surface area contributed by atoms with Gasteiger partial charge < -0.3 is 15.7 Å². The number of para-hydroxylation sites is 2. The van der Waals surface area contributed by atoms with E-state index in [-0.39, 0.29) is 11.3 Å². The lowest BCUT2D eigenvalue weighted by molar-refractivity contribution is 0.0698. The lowest BCUT2D eigenvalue weighted by Crippen LogP contribution is -2.16. The predicted molar refractivity (Wildman–Crippen MR) is 130 cm³/mol. The Morgan fingerprint density at radius 3 is 2.00 bits per heavy atom. The molecule has 0 unspecified atom stereocenters. The van der Waals surface area contributed by atoms with Crippen LogP contribution in [-0.4, -0.2) is 17.0 Å². The molecule has 0 saturated heterocycles. The van der Waals surface area contributed by atoms with Gasteiger partial charge in [0.25, 0.3) is 5.91 Å². The lowest BCUT2D eigenvalue weighted by Gasteiger charge is -2.14. The first-order chi connectivity index (χ1) is 16.1. The summed E-state index contributed by atoms with van der Waals surface area (Å²) < 4.78 is 0. The first-order valence-electron chi connectivity index (χ1n) is 10.3. The number of carbonyl (C=O) groups excluding carboxylic acids is 1. The number of carboxylic acid groups (broad SMARTS) is 1. The molecule has 0 saturated carbocycles. The third-order valence-electron chi connectivity index (χ3n) is 4.85. The summed E-state index contributed by atoms with van der Waals surface area (Å²) in [6.45, 7) is 0. The number of carboxylic acids is 1. The SMILES string of the molecule is O=C(O)c1ccccc1NC(=O)c1ccc(C#Cc2ccccc2)cc1Nc1ccccc1. The molecule has 1 amide bonds. The van der Waals surface area contributed by atoms with Crippen molar-refractivity contribution >= 4 is 28.9 Å². The van der Waals surface area contributed by atoms with Crippen molar-refractivity contribution in [3.05, 3.63) is 125 Å². The second-order valence-electron chi connectivity index (χ2n) is 7.17. The number of hydrogen-bond donors (Lipinski definition) is 3. The molecule has 5 heteroatoms. The van der Waals surface area contributed by atoms with Gasteiger partial charge in [0.2, 0.25) is 0 Å². The normalized spacial score (nSPS) is 9.94. The van der Waals surface area contributed by atoms with E-state index in [1.54, 1.807) is 36.4 Å². The molecule has 0 aliphatic heterocycles. The first-order valence-corrected chi connectivity index (χ1v) is 10.3. The Morgan fingerprint density at radius 2 is 1.27 bits per heavy atom. The van der Waals surface area contributed by atoms with Crippen LogP contribution in [0.5, 0.6) is 0 Å². The zero-order valence-corrected chi connectivity index (χ0v) is 17.6. The molecule has 0 aliphatic carbocycles. The number of nitrogens with one attached hydrogen (secondary N) is 2. The van der Waals surface area contributed by atoms with Gasteiger partial charge in [-0.1, -0.05) is 60.4 Å². The van der Waals surface area contributed by atoms with Crippen LogP contribution in [0.15, 0.2) is 103 Å². The van der Waals surface area contributed by atoms with Crippen LogP contribution in [0, 0.1) is 11.8 Å². The van der Waals surface area contributed by atoms with Crippen LogP contribution in [0.3, 0.4) is 0 Å². The highest BCUT2D eigenvalue weighted by atomic mass is 16.4. The molecule has 0 radical (unpaired) electrons. The Labute approximate surface area is 191 Å². The van der Waals surface area contributed by atoms with Gasteiger partial charge in [0, 0.05) is 16.8 Å². The number of rotatable bonds is 5. The van der Waals surface area contributed by atoms with Gasteiger partial charge in [-0.15, -0.1) is 0 Å². The van der Waals surface area contributed by atoms with Gasteiger partial charge in [-0.25, -0.2) is 4.79 Å². The second-order valence-corrected chi connectivity index (χ2v) is 7.17. The quantitative estimate of drug-likeness (QED) is 0.349. The average molecular weight is 432 g/mol. The molecular formula is C28H20N2O3. The van der Waals surface area contributed by atoms with Crippen molar-refractivity contribution < 1.29 is 14.7 Å². The fourth-order valence-corrected chi connectivity index (χ4v) is 3.23. The van der Waals surface area contributed by atoms with Crippen molar-refractivity contribution in [2.24, 2.45) is 0 Å². The Bertz CT molecular complexity index is 1350. The van der Waals surface area contributed by atoms with Crippen molar-refractivity contribution in [2.45, 2.75) is 0 Å². The molecular weight excluding hydrogens is 412 g/mol. The van der Waals surface area contributed by atoms with Crippen LogP contribution in [0.25, 0.3) is 0 Å². The standard InChI is InChI=1S/C28H20N2O3/c31-27(30-25-14-8-7-13-24(25)28(32)33)23-18-17-21(16-15-20-9-3-1-4-10-20)19-26(23)29-22-11-5-2-6-12-22/h1-14,17-19,29H,(H,30,31)(H,32,33). The number of amides is 1. The predicted octanol–water partition coefficient (Wildman–Crippen LogP) is 5.78. The molecule has 5 nitrogen and oxygen atoms in total. The van der Waals surface area contributed by atoms with E-state index < -0.39 is 11.9 Å². The first kappa shape index (κ1) is 21.4. The molecule has 0 aliphatic rings. The number of aromatic carboxylic acids is 1. The van der Waals surface area contributed by atoms with E-state index in [0.717, 1.165) is 16.8 Å². The third kappa shape index (κ3) is 5.46. The highest BCUT2D eigenvalue weighted by Gasteiger charge is 2.16. The maximum absolute atomic E-state index is 13.1. The van der Waals surface area contributed by atoms with E-state index in [1.807, 2.05) is 60.7 Å². The summed E-state index contributed by atoms with van der Waals surface area (Å²) in [5, 5.41) is 15.4. The summed E-state index contributed by atoms with van der Waals surface area (Å²) in [6.07, 6.45) is 0. The summed E-state index contributed by atoms with van der Waals surface area (Å²) in [5.41, 5.74) is 3.62. The molecule has 0 heterocycles. The van der Waals surface area contributed by atoms with E-state index in [2.05, 4.69) is 22.5 Å². The summed E-state index contributed by atoms with van der Waals surface area (Å²) in [6, 6.07) is 30.7. The van der Waals surface area contributed by atoms with Crippen LogP contribution in [-0.2, 0) is 0 Å². The summed E-state index contributed by atoms with van der Waals surface area (Å²) in [7, 11) is 0. The van der Waals surface area contributed by atoms with Gasteiger partial charge in [-0.3, -0.25) is 4.79 Å². The molecule has 4 aromatic rings. The molecule has 0 fully saturated rings. The topological polar surface area (TPSA) is 78.4 Å². The van der Waals surface area contributed by atoms with E-state index in [9.17, 15) is 14.7 Å². The minimum Gasteiger partial charge on any atom is -0.478 e. The number of benzene rings is 4. The summed E-state index contributed by atoms with van der Waals surface area (Å²) >= 11 is 0. The molecule has 4 rings (SSSR count). The Morgan fingerprint density at radius 1 is 0.636 bits per heavy atom.